The minimum Gasteiger partial charge on any atom is -0.493 e. The number of benzene rings is 2. The Morgan fingerprint density at radius 1 is 1.08 bits per heavy atom. The van der Waals surface area contributed by atoms with Gasteiger partial charge in [-0.15, -0.1) is 5.11 Å². The number of nitrogens with one attached hydrogen (secondary N) is 1. The molecule has 3 aromatic rings. The van der Waals surface area contributed by atoms with Crippen LogP contribution in [0.2, 0.25) is 0 Å². The third-order valence-electron chi connectivity index (χ3n) is 3.64. The van der Waals surface area contributed by atoms with Gasteiger partial charge in [-0.25, -0.2) is 4.79 Å². The van der Waals surface area contributed by atoms with Crippen molar-refractivity contribution in [3.63, 3.8) is 0 Å². The van der Waals surface area contributed by atoms with Crippen molar-refractivity contribution in [1.29, 1.82) is 0 Å². The molecule has 1 aromatic heterocycles. The molecule has 0 bridgehead atoms. The van der Waals surface area contributed by atoms with Gasteiger partial charge in [0.25, 0.3) is 0 Å². The second kappa shape index (κ2) is 6.54. The number of urea groups is 1. The fourth-order valence-electron chi connectivity index (χ4n) is 2.62. The van der Waals surface area contributed by atoms with E-state index in [1.807, 2.05) is 56.3 Å². The molecule has 122 valence electrons. The van der Waals surface area contributed by atoms with Crippen LogP contribution in [0.25, 0.3) is 10.9 Å². The molecule has 0 aliphatic rings. The first kappa shape index (κ1) is 15.7. The predicted molar refractivity (Wildman–Crippen MR) is 94.0 cm³/mol. The Morgan fingerprint density at radius 2 is 1.75 bits per heavy atom. The highest BCUT2D eigenvalue weighted by Crippen LogP contribution is 2.40. The monoisotopic (exact) mass is 322 g/mol. The van der Waals surface area contributed by atoms with Crippen LogP contribution in [0.5, 0.6) is 5.88 Å². The molecular weight excluding hydrogens is 304 g/mol. The molecule has 0 saturated carbocycles. The number of carbonyl (C=O) groups excluding carboxylic acids is 1. The summed E-state index contributed by atoms with van der Waals surface area (Å²) < 4.78 is 1.76. The average Bonchev–Trinajstić information content (AvgIpc) is 2.85. The Morgan fingerprint density at radius 3 is 2.46 bits per heavy atom. The van der Waals surface area contributed by atoms with Gasteiger partial charge >= 0.3 is 6.03 Å². The van der Waals surface area contributed by atoms with Gasteiger partial charge in [0.15, 0.2) is 5.69 Å². The van der Waals surface area contributed by atoms with Gasteiger partial charge in [-0.3, -0.25) is 0 Å². The summed E-state index contributed by atoms with van der Waals surface area (Å²) in [5.41, 5.74) is 1.78. The maximum absolute atomic E-state index is 11.9. The number of para-hydroxylation sites is 2. The molecule has 24 heavy (non-hydrogen) atoms. The van der Waals surface area contributed by atoms with Gasteiger partial charge in [-0.1, -0.05) is 41.5 Å². The smallest absolute Gasteiger partial charge is 0.364 e. The minimum atomic E-state index is -0.595. The SMILES string of the molecule is CC(C)n1c(O)c(N=NC(=O)Nc2ccccc2)c2ccccc21. The lowest BCUT2D eigenvalue weighted by Crippen LogP contribution is -2.04. The molecule has 0 aliphatic carbocycles. The largest absolute Gasteiger partial charge is 0.493 e. The van der Waals surface area contributed by atoms with E-state index < -0.39 is 6.03 Å². The molecule has 2 amide bonds. The van der Waals surface area contributed by atoms with E-state index in [2.05, 4.69) is 15.5 Å². The molecule has 6 nitrogen and oxygen atoms in total. The molecule has 2 aromatic carbocycles. The quantitative estimate of drug-likeness (QED) is 0.646. The zero-order valence-electron chi connectivity index (χ0n) is 13.5. The summed E-state index contributed by atoms with van der Waals surface area (Å²) in [5, 5.41) is 21.5. The fourth-order valence-corrected chi connectivity index (χ4v) is 2.62. The number of rotatable bonds is 3. The van der Waals surface area contributed by atoms with E-state index in [9.17, 15) is 9.90 Å². The van der Waals surface area contributed by atoms with Crippen LogP contribution in [0.15, 0.2) is 64.8 Å². The second-order valence-electron chi connectivity index (χ2n) is 5.65. The Labute approximate surface area is 139 Å². The number of aromatic hydroxyl groups is 1. The van der Waals surface area contributed by atoms with Crippen LogP contribution >= 0.6 is 0 Å². The first-order chi connectivity index (χ1) is 11.6. The van der Waals surface area contributed by atoms with Crippen molar-refractivity contribution in [2.45, 2.75) is 19.9 Å². The average molecular weight is 322 g/mol. The second-order valence-corrected chi connectivity index (χ2v) is 5.65. The summed E-state index contributed by atoms with van der Waals surface area (Å²) in [4.78, 5) is 11.9. The highest BCUT2D eigenvalue weighted by atomic mass is 16.3. The van der Waals surface area contributed by atoms with E-state index in [0.29, 0.717) is 11.4 Å². The Balaban J connectivity index is 1.92. The highest BCUT2D eigenvalue weighted by molar-refractivity contribution is 5.96. The lowest BCUT2D eigenvalue weighted by atomic mass is 10.2. The lowest BCUT2D eigenvalue weighted by molar-refractivity contribution is 0.258. The fraction of sp³-hybridized carbons (Fsp3) is 0.167. The normalized spacial score (nSPS) is 11.5. The van der Waals surface area contributed by atoms with Gasteiger partial charge in [0.1, 0.15) is 0 Å². The van der Waals surface area contributed by atoms with Crippen molar-refractivity contribution in [3.8, 4) is 5.88 Å². The molecule has 0 fully saturated rings. The van der Waals surface area contributed by atoms with E-state index >= 15 is 0 Å². The molecule has 1 heterocycles. The first-order valence-electron chi connectivity index (χ1n) is 7.67. The van der Waals surface area contributed by atoms with Crippen LogP contribution in [-0.4, -0.2) is 15.7 Å². The first-order valence-corrected chi connectivity index (χ1v) is 7.67. The van der Waals surface area contributed by atoms with E-state index in [1.165, 1.54) is 0 Å². The molecule has 0 saturated heterocycles. The van der Waals surface area contributed by atoms with Crippen LogP contribution in [0.1, 0.15) is 19.9 Å². The number of azo groups is 1. The summed E-state index contributed by atoms with van der Waals surface area (Å²) in [6.45, 7) is 3.93. The van der Waals surface area contributed by atoms with Crippen molar-refractivity contribution in [3.05, 3.63) is 54.6 Å². The van der Waals surface area contributed by atoms with E-state index in [1.54, 1.807) is 16.7 Å². The number of aromatic nitrogens is 1. The van der Waals surface area contributed by atoms with Gasteiger partial charge in [0, 0.05) is 17.1 Å². The molecule has 6 heteroatoms. The molecule has 3 rings (SSSR count). The van der Waals surface area contributed by atoms with Gasteiger partial charge in [0.05, 0.1) is 5.52 Å². The van der Waals surface area contributed by atoms with Crippen molar-refractivity contribution in [1.82, 2.24) is 4.57 Å². The Hall–Kier alpha value is -3.15. The number of hydrogen-bond acceptors (Lipinski definition) is 3. The number of carbonyl (C=O) groups is 1. The minimum absolute atomic E-state index is 0.00228. The Bertz CT molecular complexity index is 898. The molecule has 0 spiro atoms. The van der Waals surface area contributed by atoms with Crippen LogP contribution in [-0.2, 0) is 0 Å². The highest BCUT2D eigenvalue weighted by Gasteiger charge is 2.18. The zero-order valence-corrected chi connectivity index (χ0v) is 13.5. The number of fused-ring (bicyclic) bond motifs is 1. The molecule has 0 radical (unpaired) electrons. The number of hydrogen-bond donors (Lipinski definition) is 2. The number of amides is 2. The van der Waals surface area contributed by atoms with Gasteiger partial charge < -0.3 is 15.0 Å². The lowest BCUT2D eigenvalue weighted by Gasteiger charge is -2.10. The summed E-state index contributed by atoms with van der Waals surface area (Å²) in [5.74, 6) is 0.00228. The molecule has 0 unspecified atom stereocenters. The summed E-state index contributed by atoms with van der Waals surface area (Å²) in [6.07, 6.45) is 0. The Kier molecular flexibility index (Phi) is 4.29. The van der Waals surface area contributed by atoms with Crippen molar-refractivity contribution in [2.24, 2.45) is 10.2 Å². The molecular formula is C18H18N4O2. The summed E-state index contributed by atoms with van der Waals surface area (Å²) >= 11 is 0. The van der Waals surface area contributed by atoms with E-state index in [4.69, 9.17) is 0 Å². The van der Waals surface area contributed by atoms with E-state index in [-0.39, 0.29) is 11.9 Å². The van der Waals surface area contributed by atoms with Crippen molar-refractivity contribution in [2.75, 3.05) is 5.32 Å². The van der Waals surface area contributed by atoms with Crippen LogP contribution in [0.3, 0.4) is 0 Å². The standard InChI is InChI=1S/C18H18N4O2/c1-12(2)22-15-11-7-6-10-14(15)16(17(22)23)20-21-18(24)19-13-8-4-3-5-9-13/h3-12,23H,1-2H3,(H,19,24). The van der Waals surface area contributed by atoms with Gasteiger partial charge in [-0.05, 0) is 32.0 Å². The number of anilines is 1. The third-order valence-corrected chi connectivity index (χ3v) is 3.64. The van der Waals surface area contributed by atoms with Crippen molar-refractivity contribution < 1.29 is 9.90 Å². The maximum Gasteiger partial charge on any atom is 0.364 e. The topological polar surface area (TPSA) is 79.0 Å². The van der Waals surface area contributed by atoms with Crippen LogP contribution < -0.4 is 5.32 Å². The van der Waals surface area contributed by atoms with Gasteiger partial charge in [-0.2, -0.15) is 0 Å². The van der Waals surface area contributed by atoms with Crippen LogP contribution in [0.4, 0.5) is 16.2 Å². The van der Waals surface area contributed by atoms with Gasteiger partial charge in [0.2, 0.25) is 5.88 Å². The predicted octanol–water partition coefficient (Wildman–Crippen LogP) is 5.24. The van der Waals surface area contributed by atoms with E-state index in [0.717, 1.165) is 10.9 Å². The third kappa shape index (κ3) is 2.99. The van der Waals surface area contributed by atoms with Crippen molar-refractivity contribution >= 4 is 28.3 Å². The zero-order chi connectivity index (χ0) is 17.1. The number of nitrogens with zero attached hydrogens (tertiary/aromatic N) is 3. The summed E-state index contributed by atoms with van der Waals surface area (Å²) in [7, 11) is 0. The maximum atomic E-state index is 11.9. The molecule has 2 N–H and O–H groups in total. The summed E-state index contributed by atoms with van der Waals surface area (Å²) in [6, 6.07) is 16.0. The molecule has 0 aliphatic heterocycles. The molecule has 0 atom stereocenters. The van der Waals surface area contributed by atoms with Crippen LogP contribution in [0, 0.1) is 0 Å².